The molecule has 0 nitrogen and oxygen atoms in total. The molecule has 0 bridgehead atoms. The van der Waals surface area contributed by atoms with Crippen LogP contribution >= 0.6 is 0 Å². The summed E-state index contributed by atoms with van der Waals surface area (Å²) in [6, 6.07) is 7.71. The lowest BCUT2D eigenvalue weighted by Gasteiger charge is -2.06. The Bertz CT molecular complexity index is 286. The number of benzene rings is 1. The summed E-state index contributed by atoms with van der Waals surface area (Å²) in [5.74, 6) is 0. The van der Waals surface area contributed by atoms with E-state index >= 15 is 0 Å². The highest BCUT2D eigenvalue weighted by Gasteiger charge is 1.98. The molecular formula is C15H23. The van der Waals surface area contributed by atoms with E-state index in [1.165, 1.54) is 55.2 Å². The molecule has 0 fully saturated rings. The second-order valence-electron chi connectivity index (χ2n) is 4.49. The summed E-state index contributed by atoms with van der Waals surface area (Å²) in [5.41, 5.74) is 4.16. The SMILES string of the molecule is CCCCCCCc1cc(C)c[c]c1C. The van der Waals surface area contributed by atoms with Crippen molar-refractivity contribution in [2.45, 2.75) is 59.3 Å². The molecule has 0 aromatic heterocycles. The molecule has 0 heterocycles. The number of hydrogen-bond acceptors (Lipinski definition) is 0. The van der Waals surface area contributed by atoms with E-state index in [0.29, 0.717) is 0 Å². The number of aryl methyl sites for hydroxylation is 3. The lowest BCUT2D eigenvalue weighted by Crippen LogP contribution is -1.91. The zero-order chi connectivity index (χ0) is 11.1. The van der Waals surface area contributed by atoms with Crippen molar-refractivity contribution in [1.29, 1.82) is 0 Å². The van der Waals surface area contributed by atoms with Crippen molar-refractivity contribution < 1.29 is 0 Å². The van der Waals surface area contributed by atoms with E-state index in [4.69, 9.17) is 0 Å². The van der Waals surface area contributed by atoms with E-state index in [1.807, 2.05) is 0 Å². The molecule has 0 N–H and O–H groups in total. The van der Waals surface area contributed by atoms with E-state index in [-0.39, 0.29) is 0 Å². The zero-order valence-electron chi connectivity index (χ0n) is 10.4. The van der Waals surface area contributed by atoms with Crippen LogP contribution in [0.15, 0.2) is 12.1 Å². The van der Waals surface area contributed by atoms with Crippen LogP contribution in [0.4, 0.5) is 0 Å². The van der Waals surface area contributed by atoms with Gasteiger partial charge in [-0.1, -0.05) is 50.3 Å². The van der Waals surface area contributed by atoms with Crippen molar-refractivity contribution in [2.75, 3.05) is 0 Å². The van der Waals surface area contributed by atoms with Crippen LogP contribution in [0.5, 0.6) is 0 Å². The minimum atomic E-state index is 1.23. The highest BCUT2D eigenvalue weighted by Crippen LogP contribution is 2.14. The summed E-state index contributed by atoms with van der Waals surface area (Å²) < 4.78 is 0. The van der Waals surface area contributed by atoms with Crippen LogP contribution in [0, 0.1) is 19.9 Å². The maximum Gasteiger partial charge on any atom is -0.0146 e. The van der Waals surface area contributed by atoms with Gasteiger partial charge in [-0.2, -0.15) is 0 Å². The molecule has 1 rings (SSSR count). The Morgan fingerprint density at radius 1 is 1.07 bits per heavy atom. The van der Waals surface area contributed by atoms with Gasteiger partial charge in [0.15, 0.2) is 0 Å². The summed E-state index contributed by atoms with van der Waals surface area (Å²) in [4.78, 5) is 0. The van der Waals surface area contributed by atoms with Crippen LogP contribution in [0.3, 0.4) is 0 Å². The lowest BCUT2D eigenvalue weighted by molar-refractivity contribution is 0.631. The topological polar surface area (TPSA) is 0 Å². The Kier molecular flexibility index (Phi) is 5.45. The third-order valence-corrected chi connectivity index (χ3v) is 2.95. The monoisotopic (exact) mass is 203 g/mol. The van der Waals surface area contributed by atoms with E-state index in [2.05, 4.69) is 39.0 Å². The largest absolute Gasteiger partial charge is 0.0654 e. The van der Waals surface area contributed by atoms with Gasteiger partial charge in [-0.25, -0.2) is 0 Å². The van der Waals surface area contributed by atoms with Gasteiger partial charge in [0.1, 0.15) is 0 Å². The fourth-order valence-corrected chi connectivity index (χ4v) is 1.92. The summed E-state index contributed by atoms with van der Waals surface area (Å²) in [6.45, 7) is 6.58. The Labute approximate surface area is 94.7 Å². The van der Waals surface area contributed by atoms with Gasteiger partial charge in [0.2, 0.25) is 0 Å². The predicted octanol–water partition coefficient (Wildman–Crippen LogP) is 4.62. The third-order valence-electron chi connectivity index (χ3n) is 2.95. The first-order chi connectivity index (χ1) is 7.24. The van der Waals surface area contributed by atoms with Crippen LogP contribution in [0.25, 0.3) is 0 Å². The van der Waals surface area contributed by atoms with Gasteiger partial charge in [-0.05, 0) is 43.9 Å². The average Bonchev–Trinajstić information content (AvgIpc) is 2.23. The normalized spacial score (nSPS) is 10.6. The van der Waals surface area contributed by atoms with E-state index in [1.54, 1.807) is 0 Å². The fourth-order valence-electron chi connectivity index (χ4n) is 1.92. The molecular weight excluding hydrogens is 180 g/mol. The Morgan fingerprint density at radius 3 is 2.53 bits per heavy atom. The van der Waals surface area contributed by atoms with Crippen molar-refractivity contribution in [3.8, 4) is 0 Å². The van der Waals surface area contributed by atoms with Crippen LogP contribution in [-0.2, 0) is 6.42 Å². The highest BCUT2D eigenvalue weighted by atomic mass is 14.0. The molecule has 0 aliphatic carbocycles. The summed E-state index contributed by atoms with van der Waals surface area (Å²) in [7, 11) is 0. The first-order valence-corrected chi connectivity index (χ1v) is 6.22. The van der Waals surface area contributed by atoms with Gasteiger partial charge in [0, 0.05) is 0 Å². The van der Waals surface area contributed by atoms with Gasteiger partial charge in [-0.15, -0.1) is 0 Å². The molecule has 0 aliphatic rings. The molecule has 0 heteroatoms. The first kappa shape index (κ1) is 12.3. The van der Waals surface area contributed by atoms with Crippen LogP contribution in [-0.4, -0.2) is 0 Å². The smallest absolute Gasteiger partial charge is 0.0146 e. The predicted molar refractivity (Wildman–Crippen MR) is 67.2 cm³/mol. The minimum absolute atomic E-state index is 1.23. The molecule has 1 radical (unpaired) electrons. The summed E-state index contributed by atoms with van der Waals surface area (Å²) in [6.07, 6.45) is 8.05. The average molecular weight is 203 g/mol. The molecule has 1 aromatic rings. The molecule has 0 amide bonds. The Morgan fingerprint density at radius 2 is 1.80 bits per heavy atom. The second-order valence-corrected chi connectivity index (χ2v) is 4.49. The van der Waals surface area contributed by atoms with E-state index < -0.39 is 0 Å². The molecule has 0 aliphatic heterocycles. The van der Waals surface area contributed by atoms with Gasteiger partial charge in [0.25, 0.3) is 0 Å². The van der Waals surface area contributed by atoms with Crippen molar-refractivity contribution in [1.82, 2.24) is 0 Å². The molecule has 83 valence electrons. The van der Waals surface area contributed by atoms with Crippen LogP contribution in [0.2, 0.25) is 0 Å². The number of unbranched alkanes of at least 4 members (excludes halogenated alkanes) is 4. The molecule has 0 atom stereocenters. The second kappa shape index (κ2) is 6.66. The Balaban J connectivity index is 2.33. The zero-order valence-corrected chi connectivity index (χ0v) is 10.4. The fraction of sp³-hybridized carbons (Fsp3) is 0.600. The Hall–Kier alpha value is -0.780. The van der Waals surface area contributed by atoms with Gasteiger partial charge in [0.05, 0.1) is 0 Å². The standard InChI is InChI=1S/C15H23/c1-4-5-6-7-8-9-15-12-13(2)10-11-14(15)3/h10,12H,4-9H2,1-3H3. The van der Waals surface area contributed by atoms with E-state index in [0.717, 1.165) is 0 Å². The lowest BCUT2D eigenvalue weighted by atomic mass is 9.99. The third kappa shape index (κ3) is 4.51. The van der Waals surface area contributed by atoms with Crippen molar-refractivity contribution in [3.05, 3.63) is 34.9 Å². The summed E-state index contributed by atoms with van der Waals surface area (Å²) >= 11 is 0. The molecule has 0 saturated heterocycles. The quantitative estimate of drug-likeness (QED) is 0.592. The highest BCUT2D eigenvalue weighted by molar-refractivity contribution is 5.29. The maximum absolute atomic E-state index is 3.32. The minimum Gasteiger partial charge on any atom is -0.0654 e. The van der Waals surface area contributed by atoms with Crippen molar-refractivity contribution in [3.63, 3.8) is 0 Å². The van der Waals surface area contributed by atoms with Crippen molar-refractivity contribution >= 4 is 0 Å². The molecule has 0 unspecified atom stereocenters. The maximum atomic E-state index is 3.32. The first-order valence-electron chi connectivity index (χ1n) is 6.22. The van der Waals surface area contributed by atoms with Gasteiger partial charge >= 0.3 is 0 Å². The van der Waals surface area contributed by atoms with Gasteiger partial charge in [-0.3, -0.25) is 0 Å². The van der Waals surface area contributed by atoms with Crippen LogP contribution < -0.4 is 0 Å². The molecule has 1 aromatic carbocycles. The molecule has 0 saturated carbocycles. The van der Waals surface area contributed by atoms with Crippen molar-refractivity contribution in [2.24, 2.45) is 0 Å². The van der Waals surface area contributed by atoms with E-state index in [9.17, 15) is 0 Å². The number of hydrogen-bond donors (Lipinski definition) is 0. The number of rotatable bonds is 6. The summed E-state index contributed by atoms with van der Waals surface area (Å²) in [5, 5.41) is 0. The van der Waals surface area contributed by atoms with Crippen LogP contribution in [0.1, 0.15) is 55.7 Å². The molecule has 15 heavy (non-hydrogen) atoms. The molecule has 0 spiro atoms. The van der Waals surface area contributed by atoms with Gasteiger partial charge < -0.3 is 0 Å².